The first-order valence-electron chi connectivity index (χ1n) is 8.67. The van der Waals surface area contributed by atoms with E-state index in [-0.39, 0.29) is 6.10 Å². The molecular weight excluding hydrogens is 318 g/mol. The van der Waals surface area contributed by atoms with Gasteiger partial charge in [0.25, 0.3) is 0 Å². The molecule has 0 aromatic carbocycles. The van der Waals surface area contributed by atoms with Gasteiger partial charge < -0.3 is 9.47 Å². The molecule has 130 valence electrons. The summed E-state index contributed by atoms with van der Waals surface area (Å²) >= 11 is 0. The zero-order valence-corrected chi connectivity index (χ0v) is 14.0. The van der Waals surface area contributed by atoms with Gasteiger partial charge in [0.15, 0.2) is 0 Å². The van der Waals surface area contributed by atoms with E-state index >= 15 is 0 Å². The molecule has 0 radical (unpaired) electrons. The molecule has 2 aromatic rings. The second kappa shape index (κ2) is 7.21. The Balaban J connectivity index is 1.52. The zero-order chi connectivity index (χ0) is 17.1. The molecule has 0 spiro atoms. The molecule has 0 amide bonds. The van der Waals surface area contributed by atoms with Crippen LogP contribution in [-0.2, 0) is 17.8 Å². The number of nitrogens with zero attached hydrogens (tertiary/aromatic N) is 5. The average molecular weight is 339 g/mol. The van der Waals surface area contributed by atoms with Gasteiger partial charge >= 0.3 is 0 Å². The summed E-state index contributed by atoms with van der Waals surface area (Å²) in [5, 5.41) is 13.3. The van der Waals surface area contributed by atoms with Crippen molar-refractivity contribution in [1.82, 2.24) is 19.7 Å². The van der Waals surface area contributed by atoms with Crippen molar-refractivity contribution in [2.75, 3.05) is 19.8 Å². The molecule has 7 nitrogen and oxygen atoms in total. The van der Waals surface area contributed by atoms with Crippen molar-refractivity contribution in [2.24, 2.45) is 0 Å². The first kappa shape index (κ1) is 16.1. The van der Waals surface area contributed by atoms with Crippen LogP contribution in [0, 0.1) is 11.3 Å². The topological polar surface area (TPSA) is 76.2 Å². The molecule has 0 saturated carbocycles. The number of hydrogen-bond donors (Lipinski definition) is 0. The van der Waals surface area contributed by atoms with Crippen LogP contribution >= 0.6 is 0 Å². The fourth-order valence-corrected chi connectivity index (χ4v) is 3.53. The molecule has 1 saturated heterocycles. The van der Waals surface area contributed by atoms with Crippen LogP contribution in [-0.4, -0.2) is 51.6 Å². The van der Waals surface area contributed by atoms with Crippen molar-refractivity contribution in [3.63, 3.8) is 0 Å². The van der Waals surface area contributed by atoms with Crippen LogP contribution in [0.15, 0.2) is 30.6 Å². The third-order valence-electron chi connectivity index (χ3n) is 4.84. The Morgan fingerprint density at radius 2 is 2.08 bits per heavy atom. The minimum Gasteiger partial charge on any atom is -0.471 e. The van der Waals surface area contributed by atoms with E-state index in [1.807, 2.05) is 10.9 Å². The SMILES string of the molecule is N#Cc1ccc(OC2CN(C3CCOCC3)Cc3ccnn3C2)nc1. The van der Waals surface area contributed by atoms with E-state index in [0.717, 1.165) is 39.1 Å². The molecule has 1 atom stereocenters. The van der Waals surface area contributed by atoms with Crippen LogP contribution in [0.5, 0.6) is 5.88 Å². The molecule has 0 N–H and O–H groups in total. The fraction of sp³-hybridized carbons (Fsp3) is 0.500. The highest BCUT2D eigenvalue weighted by molar-refractivity contribution is 5.28. The molecule has 0 bridgehead atoms. The molecule has 4 heterocycles. The number of fused-ring (bicyclic) bond motifs is 1. The van der Waals surface area contributed by atoms with Crippen molar-refractivity contribution in [3.05, 3.63) is 41.9 Å². The van der Waals surface area contributed by atoms with Crippen LogP contribution in [0.25, 0.3) is 0 Å². The average Bonchev–Trinajstić information content (AvgIpc) is 3.01. The summed E-state index contributed by atoms with van der Waals surface area (Å²) in [6.45, 7) is 4.05. The van der Waals surface area contributed by atoms with Crippen LogP contribution < -0.4 is 4.74 Å². The van der Waals surface area contributed by atoms with Gasteiger partial charge in [0.2, 0.25) is 5.88 Å². The van der Waals surface area contributed by atoms with E-state index in [1.54, 1.807) is 18.3 Å². The monoisotopic (exact) mass is 339 g/mol. The van der Waals surface area contributed by atoms with Gasteiger partial charge in [-0.25, -0.2) is 4.98 Å². The molecule has 7 heteroatoms. The van der Waals surface area contributed by atoms with Crippen molar-refractivity contribution < 1.29 is 9.47 Å². The van der Waals surface area contributed by atoms with Crippen LogP contribution in [0.1, 0.15) is 24.1 Å². The maximum atomic E-state index is 8.89. The highest BCUT2D eigenvalue weighted by atomic mass is 16.5. The smallest absolute Gasteiger partial charge is 0.213 e. The molecule has 2 aromatic heterocycles. The summed E-state index contributed by atoms with van der Waals surface area (Å²) < 4.78 is 13.7. The van der Waals surface area contributed by atoms with Gasteiger partial charge in [0.05, 0.1) is 17.8 Å². The molecule has 4 rings (SSSR count). The number of ether oxygens (including phenoxy) is 2. The minimum atomic E-state index is -0.0376. The van der Waals surface area contributed by atoms with Crippen molar-refractivity contribution >= 4 is 0 Å². The lowest BCUT2D eigenvalue weighted by Gasteiger charge is -2.34. The lowest BCUT2D eigenvalue weighted by molar-refractivity contribution is 0.0165. The number of pyridine rings is 1. The third kappa shape index (κ3) is 3.65. The molecule has 25 heavy (non-hydrogen) atoms. The number of hydrogen-bond acceptors (Lipinski definition) is 6. The van der Waals surface area contributed by atoms with E-state index in [9.17, 15) is 0 Å². The second-order valence-corrected chi connectivity index (χ2v) is 6.51. The van der Waals surface area contributed by atoms with Gasteiger partial charge in [-0.15, -0.1) is 0 Å². The van der Waals surface area contributed by atoms with Gasteiger partial charge in [-0.05, 0) is 25.0 Å². The van der Waals surface area contributed by atoms with Crippen molar-refractivity contribution in [3.8, 4) is 11.9 Å². The molecule has 2 aliphatic heterocycles. The Kier molecular flexibility index (Phi) is 4.63. The number of rotatable bonds is 3. The predicted octanol–water partition coefficient (Wildman–Crippen LogP) is 1.59. The Morgan fingerprint density at radius 3 is 2.84 bits per heavy atom. The number of nitriles is 1. The Hall–Kier alpha value is -2.43. The predicted molar refractivity (Wildman–Crippen MR) is 89.8 cm³/mol. The Labute approximate surface area is 146 Å². The summed E-state index contributed by atoms with van der Waals surface area (Å²) in [6, 6.07) is 8.15. The Morgan fingerprint density at radius 1 is 1.20 bits per heavy atom. The molecule has 0 aliphatic carbocycles. The third-order valence-corrected chi connectivity index (χ3v) is 4.84. The van der Waals surface area contributed by atoms with E-state index in [1.165, 1.54) is 5.69 Å². The van der Waals surface area contributed by atoms with Gasteiger partial charge in [0.1, 0.15) is 12.2 Å². The van der Waals surface area contributed by atoms with Gasteiger partial charge in [-0.1, -0.05) is 0 Å². The van der Waals surface area contributed by atoms with Crippen LogP contribution in [0.4, 0.5) is 0 Å². The van der Waals surface area contributed by atoms with E-state index in [4.69, 9.17) is 14.7 Å². The van der Waals surface area contributed by atoms with Crippen molar-refractivity contribution in [2.45, 2.75) is 38.1 Å². The summed E-state index contributed by atoms with van der Waals surface area (Å²) in [5.74, 6) is 0.548. The summed E-state index contributed by atoms with van der Waals surface area (Å²) in [6.07, 6.45) is 5.46. The lowest BCUT2D eigenvalue weighted by atomic mass is 10.1. The highest BCUT2D eigenvalue weighted by Gasteiger charge is 2.29. The van der Waals surface area contributed by atoms with Gasteiger partial charge in [-0.3, -0.25) is 9.58 Å². The summed E-state index contributed by atoms with van der Waals surface area (Å²) in [7, 11) is 0. The molecule has 2 aliphatic rings. The standard InChI is InChI=1S/C18H21N5O2/c19-9-14-1-2-18(20-10-14)25-17-12-22(15-4-7-24-8-5-15)11-16-3-6-21-23(16)13-17/h1-3,6,10,15,17H,4-5,7-8,11-13H2. The van der Waals surface area contributed by atoms with Crippen LogP contribution in [0.2, 0.25) is 0 Å². The first-order valence-corrected chi connectivity index (χ1v) is 8.67. The molecular formula is C18H21N5O2. The van der Waals surface area contributed by atoms with Gasteiger partial charge in [-0.2, -0.15) is 10.4 Å². The molecule has 1 unspecified atom stereocenters. The van der Waals surface area contributed by atoms with E-state index < -0.39 is 0 Å². The largest absolute Gasteiger partial charge is 0.471 e. The highest BCUT2D eigenvalue weighted by Crippen LogP contribution is 2.22. The zero-order valence-electron chi connectivity index (χ0n) is 14.0. The molecule has 1 fully saturated rings. The lowest BCUT2D eigenvalue weighted by Crippen LogP contribution is -2.43. The Bertz CT molecular complexity index is 746. The summed E-state index contributed by atoms with van der Waals surface area (Å²) in [4.78, 5) is 6.73. The van der Waals surface area contributed by atoms with Gasteiger partial charge in [0, 0.05) is 50.8 Å². The quantitative estimate of drug-likeness (QED) is 0.845. The summed E-state index contributed by atoms with van der Waals surface area (Å²) in [5.41, 5.74) is 1.75. The first-order chi connectivity index (χ1) is 12.3. The maximum absolute atomic E-state index is 8.89. The second-order valence-electron chi connectivity index (χ2n) is 6.51. The fourth-order valence-electron chi connectivity index (χ4n) is 3.53. The van der Waals surface area contributed by atoms with E-state index in [0.29, 0.717) is 24.0 Å². The number of aromatic nitrogens is 3. The minimum absolute atomic E-state index is 0.0376. The normalized spacial score (nSPS) is 22.0. The van der Waals surface area contributed by atoms with E-state index in [2.05, 4.69) is 27.1 Å². The maximum Gasteiger partial charge on any atom is 0.213 e. The van der Waals surface area contributed by atoms with Crippen LogP contribution in [0.3, 0.4) is 0 Å². The van der Waals surface area contributed by atoms with Crippen molar-refractivity contribution in [1.29, 1.82) is 5.26 Å².